The van der Waals surface area contributed by atoms with Gasteiger partial charge in [0.05, 0.1) is 19.0 Å². The molecule has 0 bridgehead atoms. The van der Waals surface area contributed by atoms with Crippen molar-refractivity contribution in [2.45, 2.75) is 175 Å². The van der Waals surface area contributed by atoms with Crippen molar-refractivity contribution in [1.82, 2.24) is 0 Å². The Morgan fingerprint density at radius 3 is 1.56 bits per heavy atom. The van der Waals surface area contributed by atoms with Gasteiger partial charge in [0, 0.05) is 11.4 Å². The zero-order chi connectivity index (χ0) is 34.9. The maximum atomic E-state index is 6.16. The predicted molar refractivity (Wildman–Crippen MR) is 222 cm³/mol. The molecule has 0 aromatic carbocycles. The summed E-state index contributed by atoms with van der Waals surface area (Å²) in [7, 11) is 3.57. The third kappa shape index (κ3) is 39.0. The van der Waals surface area contributed by atoms with Gasteiger partial charge in [-0.2, -0.15) is 0 Å². The van der Waals surface area contributed by atoms with Gasteiger partial charge in [-0.25, -0.2) is 0 Å². The van der Waals surface area contributed by atoms with E-state index in [2.05, 4.69) is 62.5 Å². The zero-order valence-electron chi connectivity index (χ0n) is 31.8. The highest BCUT2D eigenvalue weighted by molar-refractivity contribution is 8.76. The van der Waals surface area contributed by atoms with Crippen LogP contribution in [0.4, 0.5) is 0 Å². The van der Waals surface area contributed by atoms with Crippen molar-refractivity contribution in [1.29, 1.82) is 0 Å². The summed E-state index contributed by atoms with van der Waals surface area (Å²) in [5.74, 6) is 2.61. The molecule has 3 nitrogen and oxygen atoms in total. The van der Waals surface area contributed by atoms with Crippen molar-refractivity contribution >= 4 is 21.6 Å². The van der Waals surface area contributed by atoms with Crippen molar-refractivity contribution in [2.24, 2.45) is 5.73 Å². The van der Waals surface area contributed by atoms with Crippen LogP contribution in [0.25, 0.3) is 0 Å². The molecular formula is C43H77NO2S2. The summed E-state index contributed by atoms with van der Waals surface area (Å²) in [6.07, 6.45) is 52.8. The molecule has 0 fully saturated rings. The highest BCUT2D eigenvalue weighted by Crippen LogP contribution is 2.25. The largest absolute Gasteiger partial charge is 0.498 e. The Bertz CT molecular complexity index is 831. The van der Waals surface area contributed by atoms with E-state index in [4.69, 9.17) is 15.2 Å². The third-order valence-corrected chi connectivity index (χ3v) is 10.4. The number of nitrogens with two attached hydrogens (primary N) is 1. The molecule has 0 heterocycles. The molecule has 2 N–H and O–H groups in total. The molecule has 0 aromatic rings. The molecule has 0 radical (unpaired) electrons. The maximum absolute atomic E-state index is 6.16. The molecule has 0 unspecified atom stereocenters. The van der Waals surface area contributed by atoms with Crippen molar-refractivity contribution in [3.05, 3.63) is 72.4 Å². The molecule has 0 aliphatic rings. The molecule has 0 amide bonds. The van der Waals surface area contributed by atoms with Crippen LogP contribution in [-0.2, 0) is 9.47 Å². The van der Waals surface area contributed by atoms with Crippen molar-refractivity contribution in [3.63, 3.8) is 0 Å². The number of ether oxygens (including phenoxy) is 2. The number of unbranched alkanes of at least 4 members (excludes halogenated alkanes) is 19. The third-order valence-electron chi connectivity index (χ3n) is 8.22. The summed E-state index contributed by atoms with van der Waals surface area (Å²) in [6, 6.07) is 0. The second-order valence-corrected chi connectivity index (χ2v) is 15.4. The van der Waals surface area contributed by atoms with Crippen LogP contribution < -0.4 is 5.73 Å². The van der Waals surface area contributed by atoms with E-state index in [1.165, 1.54) is 135 Å². The van der Waals surface area contributed by atoms with E-state index < -0.39 is 0 Å². The van der Waals surface area contributed by atoms with Gasteiger partial charge in [0.2, 0.25) is 0 Å². The maximum Gasteiger partial charge on any atom is 0.141 e. The molecule has 0 spiro atoms. The summed E-state index contributed by atoms with van der Waals surface area (Å²) in [4.78, 5) is 0. The van der Waals surface area contributed by atoms with Crippen molar-refractivity contribution in [2.75, 3.05) is 24.7 Å². The second kappa shape index (κ2) is 41.7. The predicted octanol–water partition coefficient (Wildman–Crippen LogP) is 14.7. The summed E-state index contributed by atoms with van der Waals surface area (Å²) >= 11 is 0. The van der Waals surface area contributed by atoms with Gasteiger partial charge in [-0.3, -0.25) is 0 Å². The van der Waals surface area contributed by atoms with E-state index in [9.17, 15) is 0 Å². The first kappa shape index (κ1) is 46.5. The topological polar surface area (TPSA) is 44.5 Å². The van der Waals surface area contributed by atoms with Gasteiger partial charge in [0.1, 0.15) is 12.0 Å². The molecule has 5 heteroatoms. The molecule has 0 atom stereocenters. The average Bonchev–Trinajstić information content (AvgIpc) is 3.10. The second-order valence-electron chi connectivity index (χ2n) is 12.9. The molecule has 278 valence electrons. The Balaban J connectivity index is 3.95. The molecule has 0 saturated heterocycles. The lowest BCUT2D eigenvalue weighted by atomic mass is 10.1. The number of rotatable bonds is 37. The van der Waals surface area contributed by atoms with Crippen LogP contribution in [-0.4, -0.2) is 24.7 Å². The molecule has 0 rings (SSSR count). The summed E-state index contributed by atoms with van der Waals surface area (Å²) < 4.78 is 12.1. The first-order chi connectivity index (χ1) is 23.7. The molecule has 0 aliphatic carbocycles. The van der Waals surface area contributed by atoms with Crippen molar-refractivity contribution < 1.29 is 9.47 Å². The van der Waals surface area contributed by atoms with Gasteiger partial charge in [-0.15, -0.1) is 0 Å². The van der Waals surface area contributed by atoms with E-state index in [0.717, 1.165) is 55.4 Å². The van der Waals surface area contributed by atoms with Gasteiger partial charge < -0.3 is 15.2 Å². The summed E-state index contributed by atoms with van der Waals surface area (Å²) in [5, 5.41) is 0. The van der Waals surface area contributed by atoms with Crippen LogP contribution in [0.15, 0.2) is 72.4 Å². The first-order valence-electron chi connectivity index (χ1n) is 19.9. The minimum absolute atomic E-state index is 0.772. The Hall–Kier alpha value is -1.46. The van der Waals surface area contributed by atoms with Crippen LogP contribution >= 0.6 is 21.6 Å². The Labute approximate surface area is 307 Å². The van der Waals surface area contributed by atoms with E-state index >= 15 is 0 Å². The fourth-order valence-electron chi connectivity index (χ4n) is 5.04. The lowest BCUT2D eigenvalue weighted by molar-refractivity contribution is 0.173. The molecule has 0 aromatic heterocycles. The van der Waals surface area contributed by atoms with Crippen LogP contribution in [0.2, 0.25) is 0 Å². The monoisotopic (exact) mass is 704 g/mol. The van der Waals surface area contributed by atoms with Gasteiger partial charge in [0.15, 0.2) is 0 Å². The summed E-state index contributed by atoms with van der Waals surface area (Å²) in [6.45, 7) is 8.07. The van der Waals surface area contributed by atoms with Crippen LogP contribution in [0.3, 0.4) is 0 Å². The van der Waals surface area contributed by atoms with Crippen LogP contribution in [0.5, 0.6) is 0 Å². The minimum Gasteiger partial charge on any atom is -0.498 e. The smallest absolute Gasteiger partial charge is 0.141 e. The Kier molecular flexibility index (Phi) is 40.4. The highest BCUT2D eigenvalue weighted by Gasteiger charge is 2.03. The number of hydrogen-bond donors (Lipinski definition) is 1. The van der Waals surface area contributed by atoms with E-state index in [1.54, 1.807) is 21.6 Å². The fourth-order valence-corrected chi connectivity index (χ4v) is 7.03. The van der Waals surface area contributed by atoms with Gasteiger partial charge >= 0.3 is 0 Å². The van der Waals surface area contributed by atoms with Gasteiger partial charge in [-0.05, 0) is 77.6 Å². The van der Waals surface area contributed by atoms with E-state index in [-0.39, 0.29) is 0 Å². The molecule has 48 heavy (non-hydrogen) atoms. The number of allylic oxidation sites excluding steroid dienone is 9. The Morgan fingerprint density at radius 2 is 0.979 bits per heavy atom. The quantitative estimate of drug-likeness (QED) is 0.0229. The van der Waals surface area contributed by atoms with Crippen LogP contribution in [0, 0.1) is 0 Å². The highest BCUT2D eigenvalue weighted by atomic mass is 33.1. The average molecular weight is 704 g/mol. The normalized spacial score (nSPS) is 12.9. The standard InChI is InChI=1S/C43H77NO2S2/c1-4-7-9-11-13-15-17-19-21-23-25-27-29-31-33-35-37-45-39-43(41-48-47-40-42(44)6-3)46-38-36-34-32-30-28-26-24-22-20-18-16-14-12-10-8-5-2/h6,14-17,19-22,39H,4-5,7-13,18,23-38,40-41,44H2,1-3H3/b16-14-,17-15-,21-19+,22-20-,42-6-,43-39-. The van der Waals surface area contributed by atoms with E-state index in [0.29, 0.717) is 0 Å². The van der Waals surface area contributed by atoms with E-state index in [1.807, 2.05) is 19.3 Å². The molecular weight excluding hydrogens is 627 g/mol. The van der Waals surface area contributed by atoms with Crippen LogP contribution in [0.1, 0.15) is 175 Å². The van der Waals surface area contributed by atoms with Gasteiger partial charge in [-0.1, -0.05) is 174 Å². The zero-order valence-corrected chi connectivity index (χ0v) is 33.4. The fraction of sp³-hybridized carbons (Fsp3) is 0.721. The lowest BCUT2D eigenvalue weighted by Crippen LogP contribution is -2.01. The molecule has 0 saturated carbocycles. The summed E-state index contributed by atoms with van der Waals surface area (Å²) in [5.41, 5.74) is 6.88. The molecule has 0 aliphatic heterocycles. The lowest BCUT2D eigenvalue weighted by Gasteiger charge is -2.11. The minimum atomic E-state index is 0.772. The number of hydrogen-bond acceptors (Lipinski definition) is 5. The first-order valence-corrected chi connectivity index (χ1v) is 22.4. The van der Waals surface area contributed by atoms with Crippen molar-refractivity contribution in [3.8, 4) is 0 Å². The SMILES string of the molecule is C/C=C(\N)CSSC/C(=C/OCCCCCCCC/C=C/C=C\CCCCCC)OCCCCCCCC/C=C\C/C=C\CCCCC. The Morgan fingerprint density at radius 1 is 0.521 bits per heavy atom. The van der Waals surface area contributed by atoms with Gasteiger partial charge in [0.25, 0.3) is 0 Å².